The Morgan fingerprint density at radius 3 is 2.33 bits per heavy atom. The summed E-state index contributed by atoms with van der Waals surface area (Å²) >= 11 is 0. The van der Waals surface area contributed by atoms with Crippen LogP contribution in [0.15, 0.2) is 0 Å². The van der Waals surface area contributed by atoms with E-state index >= 15 is 0 Å². The van der Waals surface area contributed by atoms with Gasteiger partial charge in [-0.15, -0.1) is 0 Å². The summed E-state index contributed by atoms with van der Waals surface area (Å²) in [6.07, 6.45) is 6.34. The maximum atomic E-state index is 12.4. The Hall–Kier alpha value is -0.610. The fourth-order valence-corrected chi connectivity index (χ4v) is 2.60. The number of nitrogens with zero attached hydrogens (tertiary/aromatic N) is 1. The second-order valence-electron chi connectivity index (χ2n) is 6.19. The van der Waals surface area contributed by atoms with Crippen molar-refractivity contribution in [2.75, 3.05) is 20.7 Å². The summed E-state index contributed by atoms with van der Waals surface area (Å²) in [5.74, 6) is 0.116. The van der Waals surface area contributed by atoms with Crippen molar-refractivity contribution in [3.8, 4) is 0 Å². The van der Waals surface area contributed by atoms with Crippen LogP contribution in [-0.4, -0.2) is 47.7 Å². The van der Waals surface area contributed by atoms with Crippen molar-refractivity contribution in [3.05, 3.63) is 0 Å². The standard InChI is InChI=1S/C14H28N2O2/c1-13(2,11-17)16(4)12(18)10-14(15-3)8-6-5-7-9-14/h15,17H,5-11H2,1-4H3. The Labute approximate surface area is 111 Å². The Morgan fingerprint density at radius 1 is 1.33 bits per heavy atom. The minimum atomic E-state index is -0.485. The molecule has 0 aromatic rings. The van der Waals surface area contributed by atoms with Crippen LogP contribution in [-0.2, 0) is 4.79 Å². The quantitative estimate of drug-likeness (QED) is 0.784. The average Bonchev–Trinajstić information content (AvgIpc) is 2.38. The van der Waals surface area contributed by atoms with Gasteiger partial charge in [-0.1, -0.05) is 19.3 Å². The van der Waals surface area contributed by atoms with Gasteiger partial charge in [0.15, 0.2) is 0 Å². The normalized spacial score (nSPS) is 19.6. The first-order valence-electron chi connectivity index (χ1n) is 6.93. The predicted molar refractivity (Wildman–Crippen MR) is 73.4 cm³/mol. The van der Waals surface area contributed by atoms with Crippen LogP contribution in [0.2, 0.25) is 0 Å². The van der Waals surface area contributed by atoms with Crippen LogP contribution in [0.1, 0.15) is 52.4 Å². The van der Waals surface area contributed by atoms with Gasteiger partial charge >= 0.3 is 0 Å². The minimum Gasteiger partial charge on any atom is -0.394 e. The second kappa shape index (κ2) is 6.02. The molecule has 0 radical (unpaired) electrons. The van der Waals surface area contributed by atoms with Crippen molar-refractivity contribution in [1.29, 1.82) is 0 Å². The summed E-state index contributed by atoms with van der Waals surface area (Å²) in [4.78, 5) is 14.0. The number of hydrogen-bond donors (Lipinski definition) is 2. The summed E-state index contributed by atoms with van der Waals surface area (Å²) in [7, 11) is 3.74. The number of carbonyl (C=O) groups is 1. The minimum absolute atomic E-state index is 0.0121. The zero-order valence-corrected chi connectivity index (χ0v) is 12.3. The van der Waals surface area contributed by atoms with Gasteiger partial charge in [0.25, 0.3) is 0 Å². The van der Waals surface area contributed by atoms with Crippen LogP contribution in [0.25, 0.3) is 0 Å². The van der Waals surface area contributed by atoms with Crippen molar-refractivity contribution >= 4 is 5.91 Å². The van der Waals surface area contributed by atoms with Crippen LogP contribution in [0.3, 0.4) is 0 Å². The Kier molecular flexibility index (Phi) is 5.17. The molecule has 1 fully saturated rings. The van der Waals surface area contributed by atoms with Crippen LogP contribution >= 0.6 is 0 Å². The van der Waals surface area contributed by atoms with Gasteiger partial charge in [0.05, 0.1) is 12.1 Å². The van der Waals surface area contributed by atoms with E-state index in [-0.39, 0.29) is 18.1 Å². The van der Waals surface area contributed by atoms with Crippen LogP contribution in [0.4, 0.5) is 0 Å². The second-order valence-corrected chi connectivity index (χ2v) is 6.19. The Bertz CT molecular complexity index is 284. The molecule has 1 aliphatic rings. The van der Waals surface area contributed by atoms with E-state index < -0.39 is 5.54 Å². The van der Waals surface area contributed by atoms with E-state index in [0.717, 1.165) is 12.8 Å². The number of nitrogens with one attached hydrogen (secondary N) is 1. The van der Waals surface area contributed by atoms with Gasteiger partial charge in [-0.3, -0.25) is 4.79 Å². The molecule has 18 heavy (non-hydrogen) atoms. The molecule has 1 saturated carbocycles. The molecule has 1 rings (SSSR count). The van der Waals surface area contributed by atoms with Crippen LogP contribution in [0, 0.1) is 0 Å². The van der Waals surface area contributed by atoms with Gasteiger partial charge in [-0.05, 0) is 33.7 Å². The number of amides is 1. The molecule has 0 aromatic heterocycles. The number of carbonyl (C=O) groups excluding carboxylic acids is 1. The van der Waals surface area contributed by atoms with Crippen LogP contribution < -0.4 is 5.32 Å². The van der Waals surface area contributed by atoms with Gasteiger partial charge in [0.1, 0.15) is 0 Å². The third-order valence-electron chi connectivity index (χ3n) is 4.50. The van der Waals surface area contributed by atoms with Gasteiger partial charge in [0.2, 0.25) is 5.91 Å². The molecule has 4 nitrogen and oxygen atoms in total. The maximum absolute atomic E-state index is 12.4. The molecule has 0 spiro atoms. The Balaban J connectivity index is 2.67. The van der Waals surface area contributed by atoms with E-state index in [1.165, 1.54) is 19.3 Å². The van der Waals surface area contributed by atoms with E-state index in [0.29, 0.717) is 6.42 Å². The van der Waals surface area contributed by atoms with Crippen LogP contribution in [0.5, 0.6) is 0 Å². The van der Waals surface area contributed by atoms with Gasteiger partial charge < -0.3 is 15.3 Å². The highest BCUT2D eigenvalue weighted by atomic mass is 16.3. The third-order valence-corrected chi connectivity index (χ3v) is 4.50. The lowest BCUT2D eigenvalue weighted by Crippen LogP contribution is -2.53. The number of hydrogen-bond acceptors (Lipinski definition) is 3. The largest absolute Gasteiger partial charge is 0.394 e. The van der Waals surface area contributed by atoms with Crippen molar-refractivity contribution in [1.82, 2.24) is 10.2 Å². The van der Waals surface area contributed by atoms with Crippen molar-refractivity contribution in [2.24, 2.45) is 0 Å². The molecule has 0 atom stereocenters. The predicted octanol–water partition coefficient (Wildman–Crippen LogP) is 1.53. The first-order chi connectivity index (χ1) is 8.37. The zero-order valence-electron chi connectivity index (χ0n) is 12.3. The molecular weight excluding hydrogens is 228 g/mol. The highest BCUT2D eigenvalue weighted by Gasteiger charge is 2.36. The molecule has 2 N–H and O–H groups in total. The van der Waals surface area contributed by atoms with E-state index in [4.69, 9.17) is 0 Å². The van der Waals surface area contributed by atoms with E-state index in [9.17, 15) is 9.90 Å². The number of rotatable bonds is 5. The molecule has 4 heteroatoms. The van der Waals surface area contributed by atoms with E-state index in [1.54, 1.807) is 11.9 Å². The molecular formula is C14H28N2O2. The summed E-state index contributed by atoms with van der Waals surface area (Å²) in [6.45, 7) is 3.76. The maximum Gasteiger partial charge on any atom is 0.224 e. The summed E-state index contributed by atoms with van der Waals surface area (Å²) in [5.41, 5.74) is -0.518. The van der Waals surface area contributed by atoms with Crippen molar-refractivity contribution < 1.29 is 9.90 Å². The number of aliphatic hydroxyl groups is 1. The monoisotopic (exact) mass is 256 g/mol. The lowest BCUT2D eigenvalue weighted by atomic mass is 9.79. The van der Waals surface area contributed by atoms with Crippen molar-refractivity contribution in [3.63, 3.8) is 0 Å². The average molecular weight is 256 g/mol. The number of aliphatic hydroxyl groups excluding tert-OH is 1. The first-order valence-corrected chi connectivity index (χ1v) is 6.93. The fourth-order valence-electron chi connectivity index (χ4n) is 2.60. The first kappa shape index (κ1) is 15.4. The Morgan fingerprint density at radius 2 is 1.89 bits per heavy atom. The molecule has 0 heterocycles. The molecule has 106 valence electrons. The van der Waals surface area contributed by atoms with E-state index in [2.05, 4.69) is 5.32 Å². The third kappa shape index (κ3) is 3.45. The smallest absolute Gasteiger partial charge is 0.224 e. The lowest BCUT2D eigenvalue weighted by molar-refractivity contribution is -0.138. The topological polar surface area (TPSA) is 52.6 Å². The van der Waals surface area contributed by atoms with Gasteiger partial charge in [0, 0.05) is 19.0 Å². The highest BCUT2D eigenvalue weighted by Crippen LogP contribution is 2.31. The summed E-state index contributed by atoms with van der Waals surface area (Å²) < 4.78 is 0. The van der Waals surface area contributed by atoms with Gasteiger partial charge in [-0.25, -0.2) is 0 Å². The summed E-state index contributed by atoms with van der Waals surface area (Å²) in [6, 6.07) is 0. The molecule has 1 amide bonds. The molecule has 1 aliphatic carbocycles. The fraction of sp³-hybridized carbons (Fsp3) is 0.929. The molecule has 0 unspecified atom stereocenters. The summed E-state index contributed by atoms with van der Waals surface area (Å²) in [5, 5.41) is 12.7. The SMILES string of the molecule is CNC1(CC(=O)N(C)C(C)(C)CO)CCCCC1. The number of likely N-dealkylation sites (N-methyl/N-ethyl adjacent to an activating group) is 1. The molecule has 0 aliphatic heterocycles. The molecule has 0 bridgehead atoms. The van der Waals surface area contributed by atoms with Gasteiger partial charge in [-0.2, -0.15) is 0 Å². The van der Waals surface area contributed by atoms with E-state index in [1.807, 2.05) is 20.9 Å². The molecule has 0 saturated heterocycles. The molecule has 0 aromatic carbocycles. The zero-order chi connectivity index (χ0) is 13.8. The lowest BCUT2D eigenvalue weighted by Gasteiger charge is -2.40. The highest BCUT2D eigenvalue weighted by molar-refractivity contribution is 5.78. The van der Waals surface area contributed by atoms with Crippen molar-refractivity contribution in [2.45, 2.75) is 63.5 Å².